The standard InChI is InChI=1S/C14H27NO3Si/c1-7-8-13(15-12(2)16)14(18-11-17-3)9-10-19(4,5)6/h13-14H,7-8,11H2,1-6H3,(H,15,16)/t13-,14+/m1/s1. The van der Waals surface area contributed by atoms with Crippen LogP contribution in [0.4, 0.5) is 0 Å². The number of nitrogens with one attached hydrogen (secondary N) is 1. The Morgan fingerprint density at radius 3 is 2.42 bits per heavy atom. The third-order valence-corrected chi connectivity index (χ3v) is 3.20. The highest BCUT2D eigenvalue weighted by Gasteiger charge is 2.21. The average molecular weight is 285 g/mol. The van der Waals surface area contributed by atoms with Gasteiger partial charge < -0.3 is 14.8 Å². The average Bonchev–Trinajstić information content (AvgIpc) is 2.27. The maximum Gasteiger partial charge on any atom is 0.217 e. The Labute approximate surface area is 118 Å². The molecule has 19 heavy (non-hydrogen) atoms. The van der Waals surface area contributed by atoms with Gasteiger partial charge in [-0.15, -0.1) is 5.54 Å². The fourth-order valence-electron chi connectivity index (χ4n) is 1.56. The summed E-state index contributed by atoms with van der Waals surface area (Å²) < 4.78 is 10.6. The summed E-state index contributed by atoms with van der Waals surface area (Å²) in [5, 5.41) is 2.92. The molecule has 2 atom stereocenters. The van der Waals surface area contributed by atoms with E-state index >= 15 is 0 Å². The first kappa shape index (κ1) is 18.2. The number of carbonyl (C=O) groups excluding carboxylic acids is 1. The first-order valence-electron chi connectivity index (χ1n) is 6.70. The minimum absolute atomic E-state index is 0.0562. The number of carbonyl (C=O) groups is 1. The molecule has 0 heterocycles. The lowest BCUT2D eigenvalue weighted by atomic mass is 10.1. The Hall–Kier alpha value is -0.833. The van der Waals surface area contributed by atoms with Crippen molar-refractivity contribution < 1.29 is 14.3 Å². The Bertz CT molecular complexity index is 328. The molecule has 0 aliphatic carbocycles. The predicted octanol–water partition coefficient (Wildman–Crippen LogP) is 2.16. The summed E-state index contributed by atoms with van der Waals surface area (Å²) in [6.07, 6.45) is 1.50. The molecule has 0 saturated carbocycles. The minimum atomic E-state index is -1.46. The lowest BCUT2D eigenvalue weighted by Crippen LogP contribution is -2.43. The highest BCUT2D eigenvalue weighted by Crippen LogP contribution is 2.08. The Balaban J connectivity index is 4.92. The van der Waals surface area contributed by atoms with Gasteiger partial charge >= 0.3 is 0 Å². The van der Waals surface area contributed by atoms with Crippen molar-refractivity contribution in [1.82, 2.24) is 5.32 Å². The fourth-order valence-corrected chi connectivity index (χ4v) is 2.13. The zero-order valence-corrected chi connectivity index (χ0v) is 14.0. The third kappa shape index (κ3) is 9.71. The molecule has 0 aliphatic heterocycles. The lowest BCUT2D eigenvalue weighted by molar-refractivity contribution is -0.121. The molecule has 1 N–H and O–H groups in total. The number of rotatable bonds is 7. The van der Waals surface area contributed by atoms with Gasteiger partial charge in [0.15, 0.2) is 0 Å². The van der Waals surface area contributed by atoms with Gasteiger partial charge in [0.25, 0.3) is 0 Å². The highest BCUT2D eigenvalue weighted by molar-refractivity contribution is 6.83. The summed E-state index contributed by atoms with van der Waals surface area (Å²) in [6.45, 7) is 10.3. The maximum atomic E-state index is 11.3. The van der Waals surface area contributed by atoms with Crippen molar-refractivity contribution in [1.29, 1.82) is 0 Å². The molecule has 0 aromatic carbocycles. The van der Waals surface area contributed by atoms with E-state index in [-0.39, 0.29) is 24.8 Å². The fraction of sp³-hybridized carbons (Fsp3) is 0.786. The predicted molar refractivity (Wildman–Crippen MR) is 80.4 cm³/mol. The molecular weight excluding hydrogens is 258 g/mol. The van der Waals surface area contributed by atoms with E-state index in [1.165, 1.54) is 6.92 Å². The molecule has 0 fully saturated rings. The van der Waals surface area contributed by atoms with Crippen LogP contribution >= 0.6 is 0 Å². The third-order valence-electron chi connectivity index (χ3n) is 2.31. The summed E-state index contributed by atoms with van der Waals surface area (Å²) >= 11 is 0. The van der Waals surface area contributed by atoms with E-state index in [2.05, 4.69) is 43.3 Å². The van der Waals surface area contributed by atoms with Gasteiger partial charge in [0.05, 0.1) is 6.04 Å². The number of hydrogen-bond donors (Lipinski definition) is 1. The van der Waals surface area contributed by atoms with Crippen LogP contribution in [0, 0.1) is 11.5 Å². The van der Waals surface area contributed by atoms with Gasteiger partial charge in [0.2, 0.25) is 5.91 Å². The van der Waals surface area contributed by atoms with Crippen LogP contribution in [0.5, 0.6) is 0 Å². The van der Waals surface area contributed by atoms with Gasteiger partial charge in [-0.25, -0.2) is 0 Å². The Morgan fingerprint density at radius 1 is 1.37 bits per heavy atom. The Morgan fingerprint density at radius 2 is 2.00 bits per heavy atom. The molecule has 0 aromatic rings. The van der Waals surface area contributed by atoms with Gasteiger partial charge in [0, 0.05) is 14.0 Å². The van der Waals surface area contributed by atoms with Crippen LogP contribution in [-0.4, -0.2) is 40.0 Å². The van der Waals surface area contributed by atoms with Crippen molar-refractivity contribution in [2.75, 3.05) is 13.9 Å². The molecule has 0 radical (unpaired) electrons. The summed E-state index contributed by atoms with van der Waals surface area (Å²) in [5.41, 5.74) is 3.30. The number of ether oxygens (including phenoxy) is 2. The highest BCUT2D eigenvalue weighted by atomic mass is 28.3. The summed E-state index contributed by atoms with van der Waals surface area (Å²) in [6, 6.07) is -0.0819. The molecule has 0 aromatic heterocycles. The van der Waals surface area contributed by atoms with Gasteiger partial charge in [-0.2, -0.15) is 0 Å². The SMILES string of the molecule is CCC[C@@H](NC(C)=O)[C@H](C#C[Si](C)(C)C)OCOC. The number of hydrogen-bond acceptors (Lipinski definition) is 3. The van der Waals surface area contributed by atoms with Gasteiger partial charge in [-0.05, 0) is 6.42 Å². The normalized spacial score (nSPS) is 14.2. The van der Waals surface area contributed by atoms with Crippen molar-refractivity contribution in [3.05, 3.63) is 0 Å². The Kier molecular flexibility index (Phi) is 8.73. The van der Waals surface area contributed by atoms with Crippen LogP contribution in [0.1, 0.15) is 26.7 Å². The van der Waals surface area contributed by atoms with E-state index in [0.717, 1.165) is 12.8 Å². The molecule has 110 valence electrons. The van der Waals surface area contributed by atoms with Crippen molar-refractivity contribution in [2.24, 2.45) is 0 Å². The van der Waals surface area contributed by atoms with Crippen LogP contribution in [0.15, 0.2) is 0 Å². The van der Waals surface area contributed by atoms with E-state index in [4.69, 9.17) is 9.47 Å². The smallest absolute Gasteiger partial charge is 0.217 e. The number of amides is 1. The van der Waals surface area contributed by atoms with Gasteiger partial charge in [-0.1, -0.05) is 38.9 Å². The van der Waals surface area contributed by atoms with Gasteiger partial charge in [-0.3, -0.25) is 4.79 Å². The molecule has 0 bridgehead atoms. The van der Waals surface area contributed by atoms with Crippen LogP contribution in [0.3, 0.4) is 0 Å². The molecule has 5 heteroatoms. The number of methoxy groups -OCH3 is 1. The monoisotopic (exact) mass is 285 g/mol. The quantitative estimate of drug-likeness (QED) is 0.443. The largest absolute Gasteiger partial charge is 0.359 e. The second kappa shape index (κ2) is 9.13. The molecule has 0 saturated heterocycles. The molecular formula is C14H27NO3Si. The summed E-state index contributed by atoms with van der Waals surface area (Å²) in [7, 11) is 0.117. The van der Waals surface area contributed by atoms with Crippen LogP contribution in [0.2, 0.25) is 19.6 Å². The van der Waals surface area contributed by atoms with Crippen LogP contribution < -0.4 is 5.32 Å². The molecule has 0 aliphatic rings. The van der Waals surface area contributed by atoms with Crippen LogP contribution in [0.25, 0.3) is 0 Å². The van der Waals surface area contributed by atoms with Crippen molar-refractivity contribution in [2.45, 2.75) is 58.5 Å². The van der Waals surface area contributed by atoms with E-state index in [0.29, 0.717) is 0 Å². The topological polar surface area (TPSA) is 47.6 Å². The summed E-state index contributed by atoms with van der Waals surface area (Å²) in [4.78, 5) is 11.3. The molecule has 0 unspecified atom stereocenters. The van der Waals surface area contributed by atoms with E-state index in [1.807, 2.05) is 0 Å². The molecule has 4 nitrogen and oxygen atoms in total. The second-order valence-corrected chi connectivity index (χ2v) is 10.4. The molecule has 0 rings (SSSR count). The first-order valence-corrected chi connectivity index (χ1v) is 10.2. The van der Waals surface area contributed by atoms with Gasteiger partial charge in [0.1, 0.15) is 21.0 Å². The van der Waals surface area contributed by atoms with E-state index < -0.39 is 8.07 Å². The molecule has 0 spiro atoms. The zero-order chi connectivity index (χ0) is 14.9. The van der Waals surface area contributed by atoms with Crippen molar-refractivity contribution >= 4 is 14.0 Å². The van der Waals surface area contributed by atoms with Crippen molar-refractivity contribution in [3.8, 4) is 11.5 Å². The first-order chi connectivity index (χ1) is 8.80. The molecule has 1 amide bonds. The minimum Gasteiger partial charge on any atom is -0.359 e. The summed E-state index contributed by atoms with van der Waals surface area (Å²) in [5.74, 6) is 3.12. The maximum absolute atomic E-state index is 11.3. The van der Waals surface area contributed by atoms with E-state index in [9.17, 15) is 4.79 Å². The van der Waals surface area contributed by atoms with Crippen LogP contribution in [-0.2, 0) is 14.3 Å². The lowest BCUT2D eigenvalue weighted by Gasteiger charge is -2.24. The van der Waals surface area contributed by atoms with E-state index in [1.54, 1.807) is 7.11 Å². The second-order valence-electron chi connectivity index (χ2n) is 5.61. The van der Waals surface area contributed by atoms with Crippen molar-refractivity contribution in [3.63, 3.8) is 0 Å². The zero-order valence-electron chi connectivity index (χ0n) is 13.0.